The van der Waals surface area contributed by atoms with Gasteiger partial charge in [0, 0.05) is 12.3 Å². The standard InChI is InChI=1S/C25H34N6O4S/c1-5-13(2)17(11-32)31-21(23(34)27-12-30-16-9-7-6-8-15(16)28-29-30)25-14(3)10-18(36-25)19(22(33)26-4)20(25)24(31)35/h6-9,13-14,17-21,32H,5,10-12H2,1-4H3,(H,26,33)(H,27,34)/t13-,14?,17-,18+,19-,20-,21?,25?/m0/s1. The molecule has 2 bridgehead atoms. The number of aromatic nitrogens is 3. The highest BCUT2D eigenvalue weighted by Gasteiger charge is 2.76. The van der Waals surface area contributed by atoms with Crippen LogP contribution < -0.4 is 10.6 Å². The Labute approximate surface area is 214 Å². The first-order chi connectivity index (χ1) is 17.3. The number of nitrogens with zero attached hydrogens (tertiary/aromatic N) is 4. The highest BCUT2D eigenvalue weighted by atomic mass is 32.2. The van der Waals surface area contributed by atoms with E-state index >= 15 is 0 Å². The molecule has 36 heavy (non-hydrogen) atoms. The molecule has 3 amide bonds. The molecule has 194 valence electrons. The van der Waals surface area contributed by atoms with Gasteiger partial charge in [0.1, 0.15) is 18.2 Å². The average Bonchev–Trinajstić information content (AvgIpc) is 3.60. The zero-order valence-electron chi connectivity index (χ0n) is 21.0. The first-order valence-corrected chi connectivity index (χ1v) is 13.6. The topological polar surface area (TPSA) is 129 Å². The van der Waals surface area contributed by atoms with Gasteiger partial charge in [-0.1, -0.05) is 44.5 Å². The first-order valence-electron chi connectivity index (χ1n) is 12.7. The van der Waals surface area contributed by atoms with E-state index in [0.717, 1.165) is 23.9 Å². The first kappa shape index (κ1) is 25.0. The maximum atomic E-state index is 14.1. The van der Waals surface area contributed by atoms with Gasteiger partial charge in [0.2, 0.25) is 17.7 Å². The van der Waals surface area contributed by atoms with Crippen LogP contribution in [0, 0.1) is 23.7 Å². The van der Waals surface area contributed by atoms with E-state index in [1.165, 1.54) is 0 Å². The van der Waals surface area contributed by atoms with Crippen molar-refractivity contribution in [2.75, 3.05) is 13.7 Å². The number of carbonyl (C=O) groups is 3. The highest BCUT2D eigenvalue weighted by Crippen LogP contribution is 2.68. The Morgan fingerprint density at radius 1 is 1.31 bits per heavy atom. The van der Waals surface area contributed by atoms with Crippen molar-refractivity contribution in [3.63, 3.8) is 0 Å². The van der Waals surface area contributed by atoms with E-state index in [2.05, 4.69) is 27.9 Å². The summed E-state index contributed by atoms with van der Waals surface area (Å²) in [6.07, 6.45) is 1.52. The van der Waals surface area contributed by atoms with Crippen molar-refractivity contribution >= 4 is 40.5 Å². The van der Waals surface area contributed by atoms with E-state index in [-0.39, 0.29) is 48.1 Å². The molecule has 8 atom stereocenters. The molecule has 3 aliphatic rings. The van der Waals surface area contributed by atoms with E-state index < -0.39 is 28.7 Å². The third-order valence-electron chi connectivity index (χ3n) is 8.65. The molecule has 1 aromatic heterocycles. The number of para-hydroxylation sites is 1. The zero-order chi connectivity index (χ0) is 25.8. The molecule has 3 saturated heterocycles. The lowest BCUT2D eigenvalue weighted by Crippen LogP contribution is -2.59. The molecule has 11 heteroatoms. The normalized spacial score (nSPS) is 32.5. The van der Waals surface area contributed by atoms with Crippen molar-refractivity contribution < 1.29 is 19.5 Å². The molecule has 0 saturated carbocycles. The SMILES string of the molecule is CC[C@H](C)[C@H](CO)N1C(=O)[C@@H]2[C@@H](C(=O)NC)[C@H]3CC(C)C2(S3)C1C(=O)NCn1nnc2ccccc21. The Morgan fingerprint density at radius 2 is 2.06 bits per heavy atom. The molecule has 0 radical (unpaired) electrons. The Balaban J connectivity index is 1.53. The Bertz CT molecular complexity index is 1190. The van der Waals surface area contributed by atoms with Crippen LogP contribution >= 0.6 is 11.8 Å². The molecule has 3 N–H and O–H groups in total. The van der Waals surface area contributed by atoms with Gasteiger partial charge in [-0.25, -0.2) is 4.68 Å². The number of amides is 3. The maximum absolute atomic E-state index is 14.1. The number of likely N-dealkylation sites (tertiary alicyclic amines) is 1. The third-order valence-corrected chi connectivity index (χ3v) is 10.7. The van der Waals surface area contributed by atoms with Gasteiger partial charge in [-0.2, -0.15) is 0 Å². The van der Waals surface area contributed by atoms with Gasteiger partial charge < -0.3 is 20.6 Å². The lowest BCUT2D eigenvalue weighted by Gasteiger charge is -2.41. The van der Waals surface area contributed by atoms with Crippen LogP contribution in [0.3, 0.4) is 0 Å². The van der Waals surface area contributed by atoms with Crippen LogP contribution in [0.15, 0.2) is 24.3 Å². The molecule has 5 rings (SSSR count). The van der Waals surface area contributed by atoms with E-state index in [0.29, 0.717) is 0 Å². The van der Waals surface area contributed by atoms with Crippen molar-refractivity contribution in [2.45, 2.75) is 62.4 Å². The van der Waals surface area contributed by atoms with E-state index in [1.807, 2.05) is 38.1 Å². The molecule has 3 fully saturated rings. The molecule has 3 aliphatic heterocycles. The predicted octanol–water partition coefficient (Wildman–Crippen LogP) is 0.995. The molecular formula is C25H34N6O4S. The second-order valence-corrected chi connectivity index (χ2v) is 11.9. The number of thioether (sulfide) groups is 1. The van der Waals surface area contributed by atoms with Crippen molar-refractivity contribution in [1.29, 1.82) is 0 Å². The Morgan fingerprint density at radius 3 is 2.75 bits per heavy atom. The van der Waals surface area contributed by atoms with Gasteiger partial charge in [-0.15, -0.1) is 16.9 Å². The van der Waals surface area contributed by atoms with Gasteiger partial charge in [0.15, 0.2) is 0 Å². The third kappa shape index (κ3) is 3.46. The lowest BCUT2D eigenvalue weighted by atomic mass is 9.66. The summed E-state index contributed by atoms with van der Waals surface area (Å²) in [5.41, 5.74) is 1.53. The second kappa shape index (κ2) is 9.33. The summed E-state index contributed by atoms with van der Waals surface area (Å²) in [4.78, 5) is 42.7. The fourth-order valence-electron chi connectivity index (χ4n) is 6.68. The molecule has 4 heterocycles. The highest BCUT2D eigenvalue weighted by molar-refractivity contribution is 8.02. The fourth-order valence-corrected chi connectivity index (χ4v) is 9.09. The molecule has 0 aliphatic carbocycles. The molecule has 1 aromatic carbocycles. The lowest BCUT2D eigenvalue weighted by molar-refractivity contribution is -0.144. The molecule has 1 spiro atoms. The van der Waals surface area contributed by atoms with E-state index in [9.17, 15) is 19.5 Å². The Hall–Kier alpha value is -2.66. The minimum Gasteiger partial charge on any atom is -0.394 e. The van der Waals surface area contributed by atoms with Crippen LogP contribution in [0.4, 0.5) is 0 Å². The number of fused-ring (bicyclic) bond motifs is 2. The van der Waals surface area contributed by atoms with Gasteiger partial charge in [0.25, 0.3) is 0 Å². The van der Waals surface area contributed by atoms with Gasteiger partial charge in [0.05, 0.1) is 34.7 Å². The van der Waals surface area contributed by atoms with Gasteiger partial charge in [-0.3, -0.25) is 14.4 Å². The van der Waals surface area contributed by atoms with Crippen LogP contribution in [0.25, 0.3) is 11.0 Å². The summed E-state index contributed by atoms with van der Waals surface area (Å²) in [6.45, 7) is 5.94. The van der Waals surface area contributed by atoms with Gasteiger partial charge >= 0.3 is 0 Å². The summed E-state index contributed by atoms with van der Waals surface area (Å²) >= 11 is 1.63. The van der Waals surface area contributed by atoms with Crippen molar-refractivity contribution in [3.05, 3.63) is 24.3 Å². The quantitative estimate of drug-likeness (QED) is 0.479. The van der Waals surface area contributed by atoms with Crippen LogP contribution in [0.5, 0.6) is 0 Å². The number of hydrogen-bond acceptors (Lipinski definition) is 7. The number of aliphatic hydroxyl groups excluding tert-OH is 1. The largest absolute Gasteiger partial charge is 0.394 e. The summed E-state index contributed by atoms with van der Waals surface area (Å²) in [5.74, 6) is -1.68. The van der Waals surface area contributed by atoms with Crippen molar-refractivity contribution in [3.8, 4) is 0 Å². The predicted molar refractivity (Wildman–Crippen MR) is 136 cm³/mol. The van der Waals surface area contributed by atoms with Gasteiger partial charge in [-0.05, 0) is 30.4 Å². The number of benzene rings is 1. The van der Waals surface area contributed by atoms with Crippen LogP contribution in [0.2, 0.25) is 0 Å². The van der Waals surface area contributed by atoms with Crippen molar-refractivity contribution in [2.24, 2.45) is 23.7 Å². The number of hydrogen-bond donors (Lipinski definition) is 3. The monoisotopic (exact) mass is 514 g/mol. The van der Waals surface area contributed by atoms with E-state index in [4.69, 9.17) is 0 Å². The summed E-state index contributed by atoms with van der Waals surface area (Å²) < 4.78 is 0.895. The van der Waals surface area contributed by atoms with Crippen LogP contribution in [0.1, 0.15) is 33.6 Å². The van der Waals surface area contributed by atoms with Crippen molar-refractivity contribution in [1.82, 2.24) is 30.5 Å². The summed E-state index contributed by atoms with van der Waals surface area (Å²) in [6, 6.07) is 6.20. The second-order valence-electron chi connectivity index (χ2n) is 10.3. The minimum absolute atomic E-state index is 0.0122. The van der Waals surface area contributed by atoms with Crippen LogP contribution in [-0.4, -0.2) is 78.5 Å². The number of rotatable bonds is 8. The zero-order valence-corrected chi connectivity index (χ0v) is 21.9. The smallest absolute Gasteiger partial charge is 0.245 e. The number of aliphatic hydroxyl groups is 1. The fraction of sp³-hybridized carbons (Fsp3) is 0.640. The average molecular weight is 515 g/mol. The molecule has 2 aromatic rings. The summed E-state index contributed by atoms with van der Waals surface area (Å²) in [5, 5.41) is 24.4. The van der Waals surface area contributed by atoms with Crippen LogP contribution in [-0.2, 0) is 21.1 Å². The Kier molecular flexibility index (Phi) is 6.48. The summed E-state index contributed by atoms with van der Waals surface area (Å²) in [7, 11) is 1.59. The molecule has 3 unspecified atom stereocenters. The maximum Gasteiger partial charge on any atom is 0.245 e. The van der Waals surface area contributed by atoms with E-state index in [1.54, 1.807) is 28.4 Å². The minimum atomic E-state index is -0.796. The molecule has 10 nitrogen and oxygen atoms in total. The number of nitrogens with one attached hydrogen (secondary N) is 2. The molecular weight excluding hydrogens is 480 g/mol. The number of carbonyl (C=O) groups excluding carboxylic acids is 3.